The predicted molar refractivity (Wildman–Crippen MR) is 131 cm³/mol. The minimum absolute atomic E-state index is 0.153. The summed E-state index contributed by atoms with van der Waals surface area (Å²) in [6.45, 7) is 3.98. The number of fused-ring (bicyclic) bond motifs is 1. The van der Waals surface area contributed by atoms with Crippen LogP contribution < -0.4 is 5.56 Å². The molecule has 0 saturated carbocycles. The third-order valence-electron chi connectivity index (χ3n) is 5.20. The summed E-state index contributed by atoms with van der Waals surface area (Å²) in [4.78, 5) is 18.4. The molecule has 3 aromatic carbocycles. The van der Waals surface area contributed by atoms with Crippen LogP contribution in [0.2, 0.25) is 5.02 Å². The van der Waals surface area contributed by atoms with E-state index in [-0.39, 0.29) is 10.8 Å². The van der Waals surface area contributed by atoms with Crippen LogP contribution >= 0.6 is 23.4 Å². The van der Waals surface area contributed by atoms with Crippen molar-refractivity contribution in [3.63, 3.8) is 0 Å². The molecule has 2 aromatic heterocycles. The zero-order valence-corrected chi connectivity index (χ0v) is 19.5. The van der Waals surface area contributed by atoms with Crippen LogP contribution in [0, 0.1) is 6.92 Å². The number of aryl methyl sites for hydroxylation is 1. The number of tetrazole rings is 1. The lowest BCUT2D eigenvalue weighted by Crippen LogP contribution is -2.22. The van der Waals surface area contributed by atoms with Crippen LogP contribution in [0.3, 0.4) is 0 Å². The Labute approximate surface area is 199 Å². The number of hydrogen-bond acceptors (Lipinski definition) is 6. The molecule has 1 atom stereocenters. The van der Waals surface area contributed by atoms with Gasteiger partial charge in [0, 0.05) is 5.02 Å². The van der Waals surface area contributed by atoms with Gasteiger partial charge in [0.15, 0.2) is 11.0 Å². The van der Waals surface area contributed by atoms with Crippen molar-refractivity contribution in [1.29, 1.82) is 0 Å². The summed E-state index contributed by atoms with van der Waals surface area (Å²) in [5.74, 6) is 0.655. The number of aromatic nitrogens is 6. The molecular weight excluding hydrogens is 456 g/mol. The lowest BCUT2D eigenvalue weighted by atomic mass is 10.2. The first-order valence-electron chi connectivity index (χ1n) is 10.3. The Balaban J connectivity index is 1.64. The number of thioether (sulfide) groups is 1. The molecule has 9 heteroatoms. The van der Waals surface area contributed by atoms with Gasteiger partial charge in [0.05, 0.1) is 27.5 Å². The number of para-hydroxylation sites is 1. The fraction of sp³-hybridized carbons (Fsp3) is 0.125. The summed E-state index contributed by atoms with van der Waals surface area (Å²) < 4.78 is 3.34. The van der Waals surface area contributed by atoms with E-state index in [1.165, 1.54) is 11.8 Å². The van der Waals surface area contributed by atoms with Crippen molar-refractivity contribution in [2.24, 2.45) is 0 Å². The third kappa shape index (κ3) is 4.15. The molecule has 0 saturated heterocycles. The molecule has 164 valence electrons. The fourth-order valence-electron chi connectivity index (χ4n) is 3.62. The highest BCUT2D eigenvalue weighted by molar-refractivity contribution is 7.99. The van der Waals surface area contributed by atoms with Gasteiger partial charge >= 0.3 is 0 Å². The largest absolute Gasteiger partial charge is 0.268 e. The topological polar surface area (TPSA) is 78.5 Å². The van der Waals surface area contributed by atoms with Gasteiger partial charge < -0.3 is 0 Å². The summed E-state index contributed by atoms with van der Waals surface area (Å²) in [6.07, 6.45) is 0. The van der Waals surface area contributed by atoms with E-state index < -0.39 is 0 Å². The van der Waals surface area contributed by atoms with Crippen molar-refractivity contribution in [3.8, 4) is 11.4 Å². The molecular formula is C24H19ClN6OS. The monoisotopic (exact) mass is 474 g/mol. The van der Waals surface area contributed by atoms with Gasteiger partial charge in [0.25, 0.3) is 5.56 Å². The van der Waals surface area contributed by atoms with Crippen molar-refractivity contribution in [2.45, 2.75) is 24.3 Å². The number of benzene rings is 3. The Morgan fingerprint density at radius 3 is 2.55 bits per heavy atom. The SMILES string of the molecule is Cc1cccc(-n2c(SC(C)c3nnnn3-c3ccccc3)nc3cc(Cl)ccc3c2=O)c1. The van der Waals surface area contributed by atoms with Crippen LogP contribution in [0.15, 0.2) is 82.7 Å². The first kappa shape index (κ1) is 21.4. The second-order valence-electron chi connectivity index (χ2n) is 7.58. The maximum atomic E-state index is 13.5. The number of halogens is 1. The number of nitrogens with zero attached hydrogens (tertiary/aromatic N) is 6. The minimum Gasteiger partial charge on any atom is -0.268 e. The zero-order valence-electron chi connectivity index (χ0n) is 17.9. The third-order valence-corrected chi connectivity index (χ3v) is 6.48. The van der Waals surface area contributed by atoms with E-state index in [4.69, 9.17) is 16.6 Å². The average Bonchev–Trinajstić information content (AvgIpc) is 3.30. The zero-order chi connectivity index (χ0) is 22.9. The minimum atomic E-state index is -0.195. The van der Waals surface area contributed by atoms with Crippen LogP contribution in [0.4, 0.5) is 0 Å². The molecule has 0 bridgehead atoms. The normalized spacial score (nSPS) is 12.2. The van der Waals surface area contributed by atoms with Gasteiger partial charge in [-0.3, -0.25) is 9.36 Å². The molecule has 7 nitrogen and oxygen atoms in total. The Bertz CT molecular complexity index is 1510. The van der Waals surface area contributed by atoms with Crippen molar-refractivity contribution in [2.75, 3.05) is 0 Å². The quantitative estimate of drug-likeness (QED) is 0.258. The van der Waals surface area contributed by atoms with Gasteiger partial charge in [-0.2, -0.15) is 4.68 Å². The molecule has 0 amide bonds. The summed E-state index contributed by atoms with van der Waals surface area (Å²) in [6, 6.07) is 22.6. The van der Waals surface area contributed by atoms with Crippen LogP contribution in [0.25, 0.3) is 22.3 Å². The van der Waals surface area contributed by atoms with E-state index in [1.54, 1.807) is 27.4 Å². The second-order valence-corrected chi connectivity index (χ2v) is 9.32. The van der Waals surface area contributed by atoms with E-state index in [2.05, 4.69) is 15.5 Å². The van der Waals surface area contributed by atoms with E-state index in [1.807, 2.05) is 68.4 Å². The molecule has 1 unspecified atom stereocenters. The van der Waals surface area contributed by atoms with Crippen LogP contribution in [0.5, 0.6) is 0 Å². The smallest absolute Gasteiger partial charge is 0.266 e. The summed E-state index contributed by atoms with van der Waals surface area (Å²) in [5, 5.41) is 13.7. The molecule has 5 aromatic rings. The van der Waals surface area contributed by atoms with Gasteiger partial charge in [0.1, 0.15) is 0 Å². The van der Waals surface area contributed by atoms with Gasteiger partial charge in [-0.05, 0) is 72.3 Å². The molecule has 0 spiro atoms. The fourth-order valence-corrected chi connectivity index (χ4v) is 4.80. The van der Waals surface area contributed by atoms with Crippen LogP contribution in [-0.2, 0) is 0 Å². The highest BCUT2D eigenvalue weighted by Gasteiger charge is 2.22. The Morgan fingerprint density at radius 2 is 1.76 bits per heavy atom. The molecule has 0 N–H and O–H groups in total. The van der Waals surface area contributed by atoms with E-state index >= 15 is 0 Å². The molecule has 5 rings (SSSR count). The summed E-state index contributed by atoms with van der Waals surface area (Å²) in [5.41, 5.74) is 3.06. The van der Waals surface area contributed by atoms with Crippen molar-refractivity contribution in [3.05, 3.63) is 99.6 Å². The number of rotatable bonds is 5. The van der Waals surface area contributed by atoms with Crippen LogP contribution in [0.1, 0.15) is 23.6 Å². The Kier molecular flexibility index (Phi) is 5.70. The molecule has 0 aliphatic heterocycles. The first-order chi connectivity index (χ1) is 16.0. The van der Waals surface area contributed by atoms with E-state index in [0.29, 0.717) is 26.9 Å². The summed E-state index contributed by atoms with van der Waals surface area (Å²) >= 11 is 7.61. The standard InChI is InChI=1S/C24H19ClN6OS/c1-15-7-6-10-19(13-15)30-23(32)20-12-11-17(25)14-21(20)26-24(30)33-16(2)22-27-28-29-31(22)18-8-4-3-5-9-18/h3-14,16H,1-2H3. The highest BCUT2D eigenvalue weighted by Crippen LogP contribution is 2.34. The van der Waals surface area contributed by atoms with Gasteiger partial charge in [0.2, 0.25) is 0 Å². The number of hydrogen-bond donors (Lipinski definition) is 0. The summed E-state index contributed by atoms with van der Waals surface area (Å²) in [7, 11) is 0. The Morgan fingerprint density at radius 1 is 0.970 bits per heavy atom. The van der Waals surface area contributed by atoms with E-state index in [9.17, 15) is 4.79 Å². The van der Waals surface area contributed by atoms with Gasteiger partial charge in [-0.15, -0.1) is 5.10 Å². The molecule has 0 fully saturated rings. The molecule has 0 radical (unpaired) electrons. The maximum absolute atomic E-state index is 13.5. The lowest BCUT2D eigenvalue weighted by molar-refractivity contribution is 0.758. The molecule has 0 aliphatic carbocycles. The highest BCUT2D eigenvalue weighted by atomic mass is 35.5. The average molecular weight is 475 g/mol. The van der Waals surface area contributed by atoms with Crippen molar-refractivity contribution in [1.82, 2.24) is 29.8 Å². The first-order valence-corrected chi connectivity index (χ1v) is 11.6. The molecule has 33 heavy (non-hydrogen) atoms. The van der Waals surface area contributed by atoms with Crippen molar-refractivity contribution < 1.29 is 0 Å². The molecule has 2 heterocycles. The predicted octanol–water partition coefficient (Wildman–Crippen LogP) is 5.18. The molecule has 0 aliphatic rings. The lowest BCUT2D eigenvalue weighted by Gasteiger charge is -2.16. The second kappa shape index (κ2) is 8.80. The Hall–Kier alpha value is -3.49. The van der Waals surface area contributed by atoms with Gasteiger partial charge in [-0.1, -0.05) is 53.7 Å². The van der Waals surface area contributed by atoms with E-state index in [0.717, 1.165) is 16.9 Å². The van der Waals surface area contributed by atoms with Crippen molar-refractivity contribution >= 4 is 34.3 Å². The van der Waals surface area contributed by atoms with Crippen LogP contribution in [-0.4, -0.2) is 29.8 Å². The van der Waals surface area contributed by atoms with Gasteiger partial charge in [-0.25, -0.2) is 4.98 Å². The maximum Gasteiger partial charge on any atom is 0.266 e.